The third-order valence-electron chi connectivity index (χ3n) is 6.77. The van der Waals surface area contributed by atoms with E-state index < -0.39 is 30.0 Å². The molecular weight excluding hydrogens is 466 g/mol. The van der Waals surface area contributed by atoms with Crippen molar-refractivity contribution in [2.24, 2.45) is 5.73 Å². The van der Waals surface area contributed by atoms with Gasteiger partial charge in [-0.1, -0.05) is 12.1 Å². The molecule has 0 aromatic heterocycles. The lowest BCUT2D eigenvalue weighted by Gasteiger charge is -2.30. The Kier molecular flexibility index (Phi) is 10.1. The number of aromatic hydroxyl groups is 1. The average molecular weight is 504 g/mol. The van der Waals surface area contributed by atoms with Crippen LogP contribution < -0.4 is 21.7 Å². The number of rotatable bonds is 12. The van der Waals surface area contributed by atoms with E-state index in [0.29, 0.717) is 45.2 Å². The van der Waals surface area contributed by atoms with Crippen LogP contribution in [0.4, 0.5) is 0 Å². The van der Waals surface area contributed by atoms with Gasteiger partial charge in [0.15, 0.2) is 0 Å². The Morgan fingerprint density at radius 2 is 1.75 bits per heavy atom. The van der Waals surface area contributed by atoms with E-state index >= 15 is 0 Å². The van der Waals surface area contributed by atoms with Gasteiger partial charge < -0.3 is 36.8 Å². The molecule has 0 unspecified atom stereocenters. The largest absolute Gasteiger partial charge is 0.508 e. The fourth-order valence-corrected chi connectivity index (χ4v) is 4.77. The maximum absolute atomic E-state index is 13.6. The summed E-state index contributed by atoms with van der Waals surface area (Å²) in [4.78, 5) is 52.6. The van der Waals surface area contributed by atoms with E-state index in [4.69, 9.17) is 5.73 Å². The molecule has 0 aliphatic carbocycles. The van der Waals surface area contributed by atoms with Crippen LogP contribution in [0.3, 0.4) is 0 Å². The van der Waals surface area contributed by atoms with Crippen LogP contribution in [0.25, 0.3) is 0 Å². The number of unbranched alkanes of at least 4 members (excludes halogenated alkanes) is 1. The molecule has 1 aromatic carbocycles. The standard InChI is InChI=1S/C25H37N5O6/c26-12-2-1-5-19(25(35)36)28-23(33)21-7-4-14-30(21)24(34)20(15-16-8-10-17(31)11-9-16)29-22(32)18-6-3-13-27-18/h8-11,18-21,27,31H,1-7,12-15,26H2,(H,28,33)(H,29,32)(H,35,36)/t18-,19-,20-,21-/m0/s1. The maximum atomic E-state index is 13.6. The summed E-state index contributed by atoms with van der Waals surface area (Å²) in [6.07, 6.45) is 4.24. The quantitative estimate of drug-likeness (QED) is 0.214. The predicted molar refractivity (Wildman–Crippen MR) is 132 cm³/mol. The molecule has 1 aromatic rings. The maximum Gasteiger partial charge on any atom is 0.326 e. The lowest BCUT2D eigenvalue weighted by Crippen LogP contribution is -2.57. The van der Waals surface area contributed by atoms with Crippen LogP contribution in [0, 0.1) is 0 Å². The zero-order chi connectivity index (χ0) is 26.1. The van der Waals surface area contributed by atoms with Gasteiger partial charge in [-0.3, -0.25) is 14.4 Å². The number of carbonyl (C=O) groups is 4. The van der Waals surface area contributed by atoms with E-state index in [1.165, 1.54) is 17.0 Å². The van der Waals surface area contributed by atoms with Gasteiger partial charge in [0.1, 0.15) is 23.9 Å². The van der Waals surface area contributed by atoms with Gasteiger partial charge in [-0.2, -0.15) is 0 Å². The van der Waals surface area contributed by atoms with Gasteiger partial charge in [0.25, 0.3) is 0 Å². The Morgan fingerprint density at radius 3 is 2.39 bits per heavy atom. The van der Waals surface area contributed by atoms with Crippen molar-refractivity contribution in [1.82, 2.24) is 20.9 Å². The number of nitrogens with zero attached hydrogens (tertiary/aromatic N) is 1. The van der Waals surface area contributed by atoms with Gasteiger partial charge in [0, 0.05) is 13.0 Å². The van der Waals surface area contributed by atoms with E-state index in [1.807, 2.05) is 0 Å². The summed E-state index contributed by atoms with van der Waals surface area (Å²) >= 11 is 0. The first kappa shape index (κ1) is 27.4. The molecule has 3 amide bonds. The third kappa shape index (κ3) is 7.41. The number of aliphatic carboxylic acids is 1. The lowest BCUT2D eigenvalue weighted by molar-refractivity contribution is -0.145. The number of hydrogen-bond donors (Lipinski definition) is 6. The van der Waals surface area contributed by atoms with Crippen LogP contribution in [-0.2, 0) is 25.6 Å². The number of carbonyl (C=O) groups excluding carboxylic acids is 3. The summed E-state index contributed by atoms with van der Waals surface area (Å²) in [5, 5.41) is 27.7. The number of nitrogens with one attached hydrogen (secondary N) is 3. The second-order valence-corrected chi connectivity index (χ2v) is 9.45. The zero-order valence-corrected chi connectivity index (χ0v) is 20.4. The zero-order valence-electron chi connectivity index (χ0n) is 20.4. The summed E-state index contributed by atoms with van der Waals surface area (Å²) in [6, 6.07) is 3.26. The molecule has 3 rings (SSSR count). The molecule has 4 atom stereocenters. The van der Waals surface area contributed by atoms with Crippen LogP contribution in [0.5, 0.6) is 5.75 Å². The van der Waals surface area contributed by atoms with E-state index in [1.54, 1.807) is 12.1 Å². The predicted octanol–water partition coefficient (Wildman–Crippen LogP) is -0.139. The highest BCUT2D eigenvalue weighted by atomic mass is 16.4. The fraction of sp³-hybridized carbons (Fsp3) is 0.600. The number of benzene rings is 1. The summed E-state index contributed by atoms with van der Waals surface area (Å²) in [5.74, 6) is -2.19. The van der Waals surface area contributed by atoms with Crippen molar-refractivity contribution in [3.8, 4) is 5.75 Å². The number of likely N-dealkylation sites (tertiary alicyclic amines) is 1. The second kappa shape index (κ2) is 13.2. The van der Waals surface area contributed by atoms with Crippen LogP contribution in [0.15, 0.2) is 24.3 Å². The number of carboxylic acid groups (broad SMARTS) is 1. The van der Waals surface area contributed by atoms with Crippen molar-refractivity contribution in [2.75, 3.05) is 19.6 Å². The molecule has 7 N–H and O–H groups in total. The van der Waals surface area contributed by atoms with Gasteiger partial charge in [0.2, 0.25) is 17.7 Å². The monoisotopic (exact) mass is 503 g/mol. The molecule has 11 nitrogen and oxygen atoms in total. The minimum Gasteiger partial charge on any atom is -0.508 e. The van der Waals surface area contributed by atoms with Crippen molar-refractivity contribution in [3.63, 3.8) is 0 Å². The summed E-state index contributed by atoms with van der Waals surface area (Å²) in [5.41, 5.74) is 6.23. The van der Waals surface area contributed by atoms with Crippen molar-refractivity contribution >= 4 is 23.7 Å². The molecule has 2 aliphatic heterocycles. The smallest absolute Gasteiger partial charge is 0.326 e. The molecule has 36 heavy (non-hydrogen) atoms. The minimum atomic E-state index is -1.13. The van der Waals surface area contributed by atoms with E-state index in [9.17, 15) is 29.4 Å². The fourth-order valence-electron chi connectivity index (χ4n) is 4.77. The molecule has 198 valence electrons. The molecule has 11 heteroatoms. The first-order valence-electron chi connectivity index (χ1n) is 12.7. The van der Waals surface area contributed by atoms with Crippen molar-refractivity contribution in [3.05, 3.63) is 29.8 Å². The van der Waals surface area contributed by atoms with Gasteiger partial charge in [-0.25, -0.2) is 4.79 Å². The molecule has 2 fully saturated rings. The molecule has 0 bridgehead atoms. The first-order valence-corrected chi connectivity index (χ1v) is 12.7. The Morgan fingerprint density at radius 1 is 1.03 bits per heavy atom. The van der Waals surface area contributed by atoms with E-state index in [2.05, 4.69) is 16.0 Å². The number of phenolic OH excluding ortho intramolecular Hbond substituents is 1. The normalized spacial score (nSPS) is 21.1. The summed E-state index contributed by atoms with van der Waals surface area (Å²) < 4.78 is 0. The number of nitrogens with two attached hydrogens (primary N) is 1. The highest BCUT2D eigenvalue weighted by molar-refractivity contribution is 5.94. The van der Waals surface area contributed by atoms with Crippen molar-refractivity contribution in [1.29, 1.82) is 0 Å². The Balaban J connectivity index is 1.72. The van der Waals surface area contributed by atoms with Crippen LogP contribution in [0.2, 0.25) is 0 Å². The van der Waals surface area contributed by atoms with E-state index in [-0.39, 0.29) is 36.4 Å². The topological polar surface area (TPSA) is 174 Å². The third-order valence-corrected chi connectivity index (χ3v) is 6.77. The molecule has 2 aliphatic rings. The number of amides is 3. The lowest BCUT2D eigenvalue weighted by atomic mass is 10.0. The number of phenols is 1. The Labute approximate surface area is 210 Å². The van der Waals surface area contributed by atoms with Crippen LogP contribution >= 0.6 is 0 Å². The molecular formula is C25H37N5O6. The Hall–Kier alpha value is -3.18. The van der Waals surface area contributed by atoms with Gasteiger partial charge in [-0.15, -0.1) is 0 Å². The van der Waals surface area contributed by atoms with Crippen molar-refractivity contribution < 1.29 is 29.4 Å². The van der Waals surface area contributed by atoms with E-state index in [0.717, 1.165) is 18.5 Å². The number of hydrogen-bond acceptors (Lipinski definition) is 7. The second-order valence-electron chi connectivity index (χ2n) is 9.45. The average Bonchev–Trinajstić information content (AvgIpc) is 3.56. The van der Waals surface area contributed by atoms with Gasteiger partial charge in [0.05, 0.1) is 6.04 Å². The van der Waals surface area contributed by atoms with Crippen LogP contribution in [-0.4, -0.2) is 82.6 Å². The highest BCUT2D eigenvalue weighted by Crippen LogP contribution is 2.21. The van der Waals surface area contributed by atoms with Gasteiger partial charge in [-0.05, 0) is 75.7 Å². The van der Waals surface area contributed by atoms with Gasteiger partial charge >= 0.3 is 5.97 Å². The minimum absolute atomic E-state index is 0.0940. The SMILES string of the molecule is NCCCC[C@H](NC(=O)[C@@H]1CCCN1C(=O)[C@H](Cc1ccc(O)cc1)NC(=O)[C@@H]1CCCN1)C(=O)O. The summed E-state index contributed by atoms with van der Waals surface area (Å²) in [7, 11) is 0. The highest BCUT2D eigenvalue weighted by Gasteiger charge is 2.39. The molecule has 0 saturated carbocycles. The summed E-state index contributed by atoms with van der Waals surface area (Å²) in [6.45, 7) is 1.51. The first-order chi connectivity index (χ1) is 17.3. The Bertz CT molecular complexity index is 918. The molecule has 0 radical (unpaired) electrons. The molecule has 2 saturated heterocycles. The number of carboxylic acids is 1. The van der Waals surface area contributed by atoms with Crippen molar-refractivity contribution in [2.45, 2.75) is 75.5 Å². The molecule has 2 heterocycles. The van der Waals surface area contributed by atoms with Crippen LogP contribution in [0.1, 0.15) is 50.5 Å². The molecule has 0 spiro atoms.